The molecule has 1 aliphatic carbocycles. The molecular formula is C15H26N4. The maximum absolute atomic E-state index is 4.47. The molecule has 0 amide bonds. The molecule has 0 radical (unpaired) electrons. The summed E-state index contributed by atoms with van der Waals surface area (Å²) in [4.78, 5) is 2.67. The largest absolute Gasteiger partial charge is 0.309 e. The number of aryl methyl sites for hydroxylation is 2. The summed E-state index contributed by atoms with van der Waals surface area (Å²) in [6.07, 6.45) is 2.82. The van der Waals surface area contributed by atoms with E-state index in [0.717, 1.165) is 31.2 Å². The molecule has 3 rings (SSSR count). The smallest absolute Gasteiger partial charge is 0.0597 e. The molecule has 19 heavy (non-hydrogen) atoms. The minimum atomic E-state index is 0.221. The van der Waals surface area contributed by atoms with Crippen molar-refractivity contribution in [2.45, 2.75) is 51.7 Å². The molecule has 1 aliphatic heterocycles. The second kappa shape index (κ2) is 4.60. The van der Waals surface area contributed by atoms with E-state index in [9.17, 15) is 0 Å². The van der Waals surface area contributed by atoms with Crippen LogP contribution in [0.5, 0.6) is 0 Å². The van der Waals surface area contributed by atoms with Crippen molar-refractivity contribution in [1.82, 2.24) is 20.0 Å². The van der Waals surface area contributed by atoms with Crippen LogP contribution in [0.2, 0.25) is 0 Å². The van der Waals surface area contributed by atoms with Crippen molar-refractivity contribution in [2.24, 2.45) is 13.0 Å². The lowest BCUT2D eigenvalue weighted by Gasteiger charge is -2.45. The molecule has 1 N–H and O–H groups in total. The average molecular weight is 262 g/mol. The summed E-state index contributed by atoms with van der Waals surface area (Å²) in [6, 6.07) is 2.93. The maximum atomic E-state index is 4.47. The summed E-state index contributed by atoms with van der Waals surface area (Å²) in [6.45, 7) is 9.97. The SMILES string of the molecule is Cc1cc(CN2CC(C)(C)NCC2C2CC2)n(C)n1. The van der Waals surface area contributed by atoms with Crippen LogP contribution in [-0.4, -0.2) is 39.4 Å². The van der Waals surface area contributed by atoms with E-state index < -0.39 is 0 Å². The lowest BCUT2D eigenvalue weighted by Crippen LogP contribution is -2.61. The number of hydrogen-bond acceptors (Lipinski definition) is 3. The Kier molecular flexibility index (Phi) is 3.18. The third-order valence-corrected chi connectivity index (χ3v) is 4.49. The fourth-order valence-electron chi connectivity index (χ4n) is 3.33. The van der Waals surface area contributed by atoms with Gasteiger partial charge in [0.2, 0.25) is 0 Å². The number of piperazine rings is 1. The van der Waals surface area contributed by atoms with Gasteiger partial charge in [-0.05, 0) is 45.6 Å². The highest BCUT2D eigenvalue weighted by atomic mass is 15.3. The minimum absolute atomic E-state index is 0.221. The lowest BCUT2D eigenvalue weighted by atomic mass is 9.96. The monoisotopic (exact) mass is 262 g/mol. The molecule has 1 unspecified atom stereocenters. The molecule has 0 spiro atoms. The zero-order chi connectivity index (χ0) is 13.6. The van der Waals surface area contributed by atoms with Crippen molar-refractivity contribution >= 4 is 0 Å². The van der Waals surface area contributed by atoms with Gasteiger partial charge in [0.1, 0.15) is 0 Å². The number of nitrogens with one attached hydrogen (secondary N) is 1. The second-order valence-electron chi connectivity index (χ2n) is 6.98. The molecular weight excluding hydrogens is 236 g/mol. The predicted octanol–water partition coefficient (Wildman–Crippen LogP) is 1.69. The lowest BCUT2D eigenvalue weighted by molar-refractivity contribution is 0.0737. The van der Waals surface area contributed by atoms with E-state index in [4.69, 9.17) is 0 Å². The van der Waals surface area contributed by atoms with Gasteiger partial charge >= 0.3 is 0 Å². The molecule has 1 saturated heterocycles. The Morgan fingerprint density at radius 3 is 2.74 bits per heavy atom. The Morgan fingerprint density at radius 1 is 1.42 bits per heavy atom. The Labute approximate surface area is 116 Å². The standard InChI is InChI=1S/C15H26N4/c1-11-7-13(18(4)17-11)9-19-10-15(2,3)16-8-14(19)12-5-6-12/h7,12,14,16H,5-6,8-10H2,1-4H3. The zero-order valence-corrected chi connectivity index (χ0v) is 12.6. The summed E-state index contributed by atoms with van der Waals surface area (Å²) in [5, 5.41) is 8.17. The van der Waals surface area contributed by atoms with Gasteiger partial charge < -0.3 is 5.32 Å². The first-order chi connectivity index (χ1) is 8.94. The summed E-state index contributed by atoms with van der Waals surface area (Å²) < 4.78 is 2.04. The summed E-state index contributed by atoms with van der Waals surface area (Å²) in [5.41, 5.74) is 2.68. The van der Waals surface area contributed by atoms with Crippen molar-refractivity contribution in [3.8, 4) is 0 Å². The molecule has 1 aromatic heterocycles. The fraction of sp³-hybridized carbons (Fsp3) is 0.800. The Morgan fingerprint density at radius 2 is 2.16 bits per heavy atom. The quantitative estimate of drug-likeness (QED) is 0.900. The van der Waals surface area contributed by atoms with Gasteiger partial charge in [-0.15, -0.1) is 0 Å². The Hall–Kier alpha value is -0.870. The van der Waals surface area contributed by atoms with Gasteiger partial charge in [-0.3, -0.25) is 9.58 Å². The molecule has 4 heteroatoms. The van der Waals surface area contributed by atoms with Crippen molar-refractivity contribution in [2.75, 3.05) is 13.1 Å². The highest BCUT2D eigenvalue weighted by Gasteiger charge is 2.41. The highest BCUT2D eigenvalue weighted by Crippen LogP contribution is 2.37. The molecule has 2 aliphatic rings. The van der Waals surface area contributed by atoms with E-state index in [1.807, 2.05) is 4.68 Å². The molecule has 0 aromatic carbocycles. The van der Waals surface area contributed by atoms with Crippen LogP contribution in [0, 0.1) is 12.8 Å². The molecule has 2 fully saturated rings. The Balaban J connectivity index is 1.76. The van der Waals surface area contributed by atoms with Gasteiger partial charge in [-0.1, -0.05) is 0 Å². The number of rotatable bonds is 3. The minimum Gasteiger partial charge on any atom is -0.309 e. The van der Waals surface area contributed by atoms with E-state index in [1.54, 1.807) is 0 Å². The molecule has 106 valence electrons. The second-order valence-corrected chi connectivity index (χ2v) is 6.98. The fourth-order valence-corrected chi connectivity index (χ4v) is 3.33. The van der Waals surface area contributed by atoms with E-state index in [2.05, 4.69) is 49.2 Å². The van der Waals surface area contributed by atoms with Gasteiger partial charge in [-0.2, -0.15) is 5.10 Å². The molecule has 2 heterocycles. The van der Waals surface area contributed by atoms with Gasteiger partial charge in [-0.25, -0.2) is 0 Å². The van der Waals surface area contributed by atoms with Crippen LogP contribution >= 0.6 is 0 Å². The average Bonchev–Trinajstić information content (AvgIpc) is 3.06. The number of hydrogen-bond donors (Lipinski definition) is 1. The van der Waals surface area contributed by atoms with Crippen LogP contribution < -0.4 is 5.32 Å². The van der Waals surface area contributed by atoms with Crippen molar-refractivity contribution in [3.63, 3.8) is 0 Å². The summed E-state index contributed by atoms with van der Waals surface area (Å²) in [5.74, 6) is 0.915. The first-order valence-corrected chi connectivity index (χ1v) is 7.43. The van der Waals surface area contributed by atoms with E-state index in [0.29, 0.717) is 6.04 Å². The van der Waals surface area contributed by atoms with Crippen LogP contribution in [-0.2, 0) is 13.6 Å². The van der Waals surface area contributed by atoms with Crippen LogP contribution in [0.25, 0.3) is 0 Å². The zero-order valence-electron chi connectivity index (χ0n) is 12.6. The van der Waals surface area contributed by atoms with Gasteiger partial charge in [0, 0.05) is 38.3 Å². The number of aromatic nitrogens is 2. The summed E-state index contributed by atoms with van der Waals surface area (Å²) >= 11 is 0. The maximum Gasteiger partial charge on any atom is 0.0597 e. The third kappa shape index (κ3) is 2.84. The normalized spacial score (nSPS) is 27.7. The van der Waals surface area contributed by atoms with Crippen molar-refractivity contribution in [1.29, 1.82) is 0 Å². The van der Waals surface area contributed by atoms with Crippen LogP contribution in [0.3, 0.4) is 0 Å². The third-order valence-electron chi connectivity index (χ3n) is 4.49. The van der Waals surface area contributed by atoms with Crippen LogP contribution in [0.1, 0.15) is 38.1 Å². The number of nitrogens with zero attached hydrogens (tertiary/aromatic N) is 3. The van der Waals surface area contributed by atoms with Crippen molar-refractivity contribution < 1.29 is 0 Å². The van der Waals surface area contributed by atoms with Crippen LogP contribution in [0.15, 0.2) is 6.07 Å². The molecule has 1 saturated carbocycles. The first-order valence-electron chi connectivity index (χ1n) is 7.43. The summed E-state index contributed by atoms with van der Waals surface area (Å²) in [7, 11) is 2.06. The Bertz CT molecular complexity index is 459. The van der Waals surface area contributed by atoms with E-state index >= 15 is 0 Å². The molecule has 1 aromatic rings. The van der Waals surface area contributed by atoms with E-state index in [-0.39, 0.29) is 5.54 Å². The highest BCUT2D eigenvalue weighted by molar-refractivity contribution is 5.10. The topological polar surface area (TPSA) is 33.1 Å². The molecule has 4 nitrogen and oxygen atoms in total. The van der Waals surface area contributed by atoms with Crippen molar-refractivity contribution in [3.05, 3.63) is 17.5 Å². The molecule has 0 bridgehead atoms. The van der Waals surface area contributed by atoms with Gasteiger partial charge in [0.15, 0.2) is 0 Å². The predicted molar refractivity (Wildman–Crippen MR) is 76.9 cm³/mol. The first kappa shape index (κ1) is 13.1. The van der Waals surface area contributed by atoms with Gasteiger partial charge in [0.25, 0.3) is 0 Å². The molecule has 1 atom stereocenters. The van der Waals surface area contributed by atoms with E-state index in [1.165, 1.54) is 18.5 Å². The van der Waals surface area contributed by atoms with Crippen LogP contribution in [0.4, 0.5) is 0 Å². The van der Waals surface area contributed by atoms with Gasteiger partial charge in [0.05, 0.1) is 11.4 Å².